The number of halogens is 1. The average molecular weight is 227 g/mol. The molecule has 2 rings (SSSR count). The highest BCUT2D eigenvalue weighted by atomic mass is 19.1. The summed E-state index contributed by atoms with van der Waals surface area (Å²) in [5, 5.41) is 0. The third-order valence-corrected chi connectivity index (χ3v) is 2.60. The Hall–Kier alpha value is -1.96. The van der Waals surface area contributed by atoms with Gasteiger partial charge >= 0.3 is 0 Å². The molecule has 1 nitrogen and oxygen atoms in total. The molecular formula is C15H14FN. The molecule has 86 valence electrons. The number of nitrogens with zero attached hydrogens (tertiary/aromatic N) is 1. The molecule has 0 spiro atoms. The smallest absolute Gasteiger partial charge is 0.123 e. The van der Waals surface area contributed by atoms with E-state index in [1.807, 2.05) is 18.3 Å². The van der Waals surface area contributed by atoms with E-state index in [0.717, 1.165) is 24.1 Å². The summed E-state index contributed by atoms with van der Waals surface area (Å²) in [5.41, 5.74) is 2.99. The van der Waals surface area contributed by atoms with Gasteiger partial charge in [-0.2, -0.15) is 0 Å². The molecule has 1 heterocycles. The monoisotopic (exact) mass is 227 g/mol. The summed E-state index contributed by atoms with van der Waals surface area (Å²) in [6.07, 6.45) is 5.67. The average Bonchev–Trinajstić information content (AvgIpc) is 2.38. The van der Waals surface area contributed by atoms with Gasteiger partial charge in [0.25, 0.3) is 0 Å². The Bertz CT molecular complexity index is 485. The third kappa shape index (κ3) is 3.00. The molecule has 1 aromatic carbocycles. The van der Waals surface area contributed by atoms with Gasteiger partial charge in [0.1, 0.15) is 5.82 Å². The number of aromatic nitrogens is 1. The van der Waals surface area contributed by atoms with Crippen molar-refractivity contribution in [3.8, 4) is 11.3 Å². The zero-order valence-corrected chi connectivity index (χ0v) is 9.57. The maximum atomic E-state index is 12.8. The van der Waals surface area contributed by atoms with E-state index >= 15 is 0 Å². The summed E-state index contributed by atoms with van der Waals surface area (Å²) < 4.78 is 12.8. The van der Waals surface area contributed by atoms with Crippen LogP contribution in [0.3, 0.4) is 0 Å². The van der Waals surface area contributed by atoms with Crippen LogP contribution in [0.25, 0.3) is 11.3 Å². The molecule has 0 saturated heterocycles. The first kappa shape index (κ1) is 11.5. The van der Waals surface area contributed by atoms with Crippen LogP contribution in [0.4, 0.5) is 4.39 Å². The van der Waals surface area contributed by atoms with Crippen LogP contribution in [0.1, 0.15) is 12.0 Å². The second-order valence-corrected chi connectivity index (χ2v) is 3.89. The van der Waals surface area contributed by atoms with Crippen LogP contribution in [0.15, 0.2) is 55.3 Å². The first-order valence-corrected chi connectivity index (χ1v) is 5.61. The molecule has 0 N–H and O–H groups in total. The second-order valence-electron chi connectivity index (χ2n) is 3.89. The Balaban J connectivity index is 2.17. The van der Waals surface area contributed by atoms with Gasteiger partial charge in [-0.05, 0) is 48.7 Å². The van der Waals surface area contributed by atoms with Crippen molar-refractivity contribution in [1.29, 1.82) is 0 Å². The summed E-state index contributed by atoms with van der Waals surface area (Å²) in [7, 11) is 0. The van der Waals surface area contributed by atoms with Crippen molar-refractivity contribution in [1.82, 2.24) is 4.98 Å². The van der Waals surface area contributed by atoms with Crippen molar-refractivity contribution in [3.63, 3.8) is 0 Å². The Morgan fingerprint density at radius 3 is 2.47 bits per heavy atom. The molecular weight excluding hydrogens is 213 g/mol. The van der Waals surface area contributed by atoms with Crippen LogP contribution in [0.2, 0.25) is 0 Å². The van der Waals surface area contributed by atoms with Crippen molar-refractivity contribution in [3.05, 3.63) is 66.6 Å². The Morgan fingerprint density at radius 1 is 1.12 bits per heavy atom. The van der Waals surface area contributed by atoms with E-state index < -0.39 is 0 Å². The van der Waals surface area contributed by atoms with E-state index in [9.17, 15) is 4.39 Å². The number of pyridine rings is 1. The van der Waals surface area contributed by atoms with Crippen LogP contribution in [0.5, 0.6) is 0 Å². The second kappa shape index (κ2) is 5.39. The lowest BCUT2D eigenvalue weighted by Crippen LogP contribution is -1.88. The lowest BCUT2D eigenvalue weighted by Gasteiger charge is -2.02. The van der Waals surface area contributed by atoms with E-state index in [0.29, 0.717) is 0 Å². The van der Waals surface area contributed by atoms with Crippen LogP contribution >= 0.6 is 0 Å². The van der Waals surface area contributed by atoms with Crippen LogP contribution < -0.4 is 0 Å². The van der Waals surface area contributed by atoms with Gasteiger partial charge < -0.3 is 0 Å². The molecule has 0 saturated carbocycles. The molecule has 17 heavy (non-hydrogen) atoms. The Labute approximate surface area is 101 Å². The van der Waals surface area contributed by atoms with Crippen molar-refractivity contribution >= 4 is 0 Å². The highest BCUT2D eigenvalue weighted by molar-refractivity contribution is 5.58. The molecule has 1 aromatic heterocycles. The summed E-state index contributed by atoms with van der Waals surface area (Å²) >= 11 is 0. The van der Waals surface area contributed by atoms with Gasteiger partial charge in [-0.15, -0.1) is 6.58 Å². The molecule has 0 atom stereocenters. The van der Waals surface area contributed by atoms with Gasteiger partial charge in [0.15, 0.2) is 0 Å². The van der Waals surface area contributed by atoms with E-state index in [1.165, 1.54) is 17.7 Å². The first-order valence-electron chi connectivity index (χ1n) is 5.61. The Morgan fingerprint density at radius 2 is 1.88 bits per heavy atom. The molecule has 0 aliphatic carbocycles. The van der Waals surface area contributed by atoms with Crippen molar-refractivity contribution in [2.24, 2.45) is 0 Å². The molecule has 0 amide bonds. The van der Waals surface area contributed by atoms with Crippen LogP contribution in [-0.2, 0) is 6.42 Å². The number of aryl methyl sites for hydroxylation is 1. The molecule has 0 aliphatic rings. The minimum Gasteiger partial charge on any atom is -0.256 e. The highest BCUT2D eigenvalue weighted by Crippen LogP contribution is 2.17. The normalized spacial score (nSPS) is 10.2. The summed E-state index contributed by atoms with van der Waals surface area (Å²) in [4.78, 5) is 4.37. The molecule has 0 fully saturated rings. The van der Waals surface area contributed by atoms with Gasteiger partial charge in [0, 0.05) is 11.8 Å². The molecule has 0 unspecified atom stereocenters. The van der Waals surface area contributed by atoms with Gasteiger partial charge in [0.05, 0.1) is 5.69 Å². The van der Waals surface area contributed by atoms with Crippen molar-refractivity contribution < 1.29 is 4.39 Å². The molecule has 2 heteroatoms. The number of benzene rings is 1. The maximum Gasteiger partial charge on any atom is 0.123 e. The largest absolute Gasteiger partial charge is 0.256 e. The van der Waals surface area contributed by atoms with Gasteiger partial charge in [-0.25, -0.2) is 4.39 Å². The third-order valence-electron chi connectivity index (χ3n) is 2.60. The zero-order chi connectivity index (χ0) is 12.1. The lowest BCUT2D eigenvalue weighted by atomic mass is 10.1. The fraction of sp³-hybridized carbons (Fsp3) is 0.133. The predicted molar refractivity (Wildman–Crippen MR) is 68.1 cm³/mol. The SMILES string of the molecule is C=CCCc1ccc(-c2ccc(F)cc2)nc1. The summed E-state index contributed by atoms with van der Waals surface area (Å²) in [6.45, 7) is 3.69. The van der Waals surface area contributed by atoms with E-state index in [2.05, 4.69) is 17.6 Å². The first-order chi connectivity index (χ1) is 8.29. The molecule has 2 aromatic rings. The quantitative estimate of drug-likeness (QED) is 0.719. The van der Waals surface area contributed by atoms with Crippen LogP contribution in [-0.4, -0.2) is 4.98 Å². The minimum atomic E-state index is -0.226. The zero-order valence-electron chi connectivity index (χ0n) is 9.57. The predicted octanol–water partition coefficient (Wildman–Crippen LogP) is 4.01. The number of hydrogen-bond donors (Lipinski definition) is 0. The van der Waals surface area contributed by atoms with E-state index in [1.54, 1.807) is 12.1 Å². The van der Waals surface area contributed by atoms with Gasteiger partial charge in [0.2, 0.25) is 0 Å². The summed E-state index contributed by atoms with van der Waals surface area (Å²) in [5.74, 6) is -0.226. The Kier molecular flexibility index (Phi) is 3.66. The van der Waals surface area contributed by atoms with Crippen molar-refractivity contribution in [2.45, 2.75) is 12.8 Å². The van der Waals surface area contributed by atoms with E-state index in [4.69, 9.17) is 0 Å². The number of allylic oxidation sites excluding steroid dienone is 1. The van der Waals surface area contributed by atoms with Gasteiger partial charge in [-0.1, -0.05) is 12.1 Å². The maximum absolute atomic E-state index is 12.8. The fourth-order valence-electron chi connectivity index (χ4n) is 1.63. The van der Waals surface area contributed by atoms with Crippen LogP contribution in [0, 0.1) is 5.82 Å². The van der Waals surface area contributed by atoms with E-state index in [-0.39, 0.29) is 5.82 Å². The summed E-state index contributed by atoms with van der Waals surface area (Å²) in [6, 6.07) is 10.4. The fourth-order valence-corrected chi connectivity index (χ4v) is 1.63. The number of rotatable bonds is 4. The highest BCUT2D eigenvalue weighted by Gasteiger charge is 1.99. The molecule has 0 aliphatic heterocycles. The lowest BCUT2D eigenvalue weighted by molar-refractivity contribution is 0.628. The number of hydrogen-bond acceptors (Lipinski definition) is 1. The van der Waals surface area contributed by atoms with Crippen molar-refractivity contribution in [2.75, 3.05) is 0 Å². The topological polar surface area (TPSA) is 12.9 Å². The molecule has 0 radical (unpaired) electrons. The minimum absolute atomic E-state index is 0.226. The molecule has 0 bridgehead atoms. The standard InChI is InChI=1S/C15H14FN/c1-2-3-4-12-5-10-15(17-11-12)13-6-8-14(16)9-7-13/h2,5-11H,1,3-4H2. The van der Waals surface area contributed by atoms with Gasteiger partial charge in [-0.3, -0.25) is 4.98 Å².